The molecule has 0 fully saturated rings. The molecule has 28 heavy (non-hydrogen) atoms. The Labute approximate surface area is 167 Å². The van der Waals surface area contributed by atoms with Gasteiger partial charge in [-0.3, -0.25) is 4.79 Å². The van der Waals surface area contributed by atoms with Crippen LogP contribution in [0.25, 0.3) is 21.8 Å². The Morgan fingerprint density at radius 3 is 2.71 bits per heavy atom. The van der Waals surface area contributed by atoms with E-state index in [1.165, 1.54) is 11.8 Å². The van der Waals surface area contributed by atoms with Crippen LogP contribution >= 0.6 is 11.8 Å². The van der Waals surface area contributed by atoms with E-state index in [4.69, 9.17) is 4.74 Å². The Morgan fingerprint density at radius 1 is 1.11 bits per heavy atom. The lowest BCUT2D eigenvalue weighted by atomic mass is 10.1. The maximum atomic E-state index is 11.3. The van der Waals surface area contributed by atoms with E-state index in [-0.39, 0.29) is 0 Å². The van der Waals surface area contributed by atoms with Gasteiger partial charge in [0.05, 0.1) is 17.6 Å². The molecule has 0 bridgehead atoms. The summed E-state index contributed by atoms with van der Waals surface area (Å²) < 4.78 is 8.11. The molecule has 6 heteroatoms. The smallest absolute Gasteiger partial charge is 0.316 e. The highest BCUT2D eigenvalue weighted by Gasteiger charge is 2.18. The summed E-state index contributed by atoms with van der Waals surface area (Å²) in [5, 5.41) is 11.6. The zero-order valence-electron chi connectivity index (χ0n) is 15.4. The minimum atomic E-state index is -0.851. The molecule has 1 aromatic heterocycles. The van der Waals surface area contributed by atoms with Gasteiger partial charge in [0, 0.05) is 5.39 Å². The standard InChI is InChI=1S/C22H20N2O3S/c1-15(21(25)26)28-22-23-18-10-4-5-11-19(18)24(22)13-14-27-20-12-6-8-16-7-2-3-9-17(16)20/h2-12,15H,13-14H2,1H3,(H,25,26). The summed E-state index contributed by atoms with van der Waals surface area (Å²) in [7, 11) is 0. The van der Waals surface area contributed by atoms with Crippen molar-refractivity contribution in [3.8, 4) is 5.75 Å². The van der Waals surface area contributed by atoms with E-state index in [0.29, 0.717) is 18.3 Å². The highest BCUT2D eigenvalue weighted by molar-refractivity contribution is 8.00. The Balaban J connectivity index is 1.57. The number of benzene rings is 3. The molecule has 0 radical (unpaired) electrons. The number of hydrogen-bond donors (Lipinski definition) is 1. The number of thioether (sulfide) groups is 1. The average Bonchev–Trinajstić information content (AvgIpc) is 3.05. The normalized spacial score (nSPS) is 12.3. The Hall–Kier alpha value is -2.99. The number of imidazole rings is 1. The second-order valence-corrected chi connectivity index (χ2v) is 7.77. The minimum Gasteiger partial charge on any atom is -0.491 e. The van der Waals surface area contributed by atoms with Crippen molar-refractivity contribution in [2.24, 2.45) is 0 Å². The monoisotopic (exact) mass is 392 g/mol. The third-order valence-corrected chi connectivity index (χ3v) is 5.65. The molecule has 0 saturated carbocycles. The zero-order valence-corrected chi connectivity index (χ0v) is 16.2. The summed E-state index contributed by atoms with van der Waals surface area (Å²) in [6.07, 6.45) is 0. The third-order valence-electron chi connectivity index (χ3n) is 4.57. The number of hydrogen-bond acceptors (Lipinski definition) is 4. The molecular formula is C22H20N2O3S. The van der Waals surface area contributed by atoms with Gasteiger partial charge in [-0.15, -0.1) is 0 Å². The highest BCUT2D eigenvalue weighted by atomic mass is 32.2. The molecule has 0 aliphatic rings. The Morgan fingerprint density at radius 2 is 1.86 bits per heavy atom. The van der Waals surface area contributed by atoms with Crippen LogP contribution in [0.4, 0.5) is 0 Å². The van der Waals surface area contributed by atoms with E-state index >= 15 is 0 Å². The van der Waals surface area contributed by atoms with Gasteiger partial charge in [0.2, 0.25) is 0 Å². The van der Waals surface area contributed by atoms with E-state index in [1.54, 1.807) is 6.92 Å². The Kier molecular flexibility index (Phi) is 5.21. The number of carboxylic acids is 1. The van der Waals surface area contributed by atoms with Crippen molar-refractivity contribution in [3.63, 3.8) is 0 Å². The van der Waals surface area contributed by atoms with Crippen molar-refractivity contribution in [2.75, 3.05) is 6.61 Å². The number of ether oxygens (including phenoxy) is 1. The van der Waals surface area contributed by atoms with E-state index in [9.17, 15) is 9.90 Å². The van der Waals surface area contributed by atoms with Gasteiger partial charge in [-0.25, -0.2) is 4.98 Å². The van der Waals surface area contributed by atoms with Gasteiger partial charge in [-0.2, -0.15) is 0 Å². The molecule has 4 aromatic rings. The third kappa shape index (κ3) is 3.68. The molecule has 4 rings (SSSR count). The molecule has 5 nitrogen and oxygen atoms in total. The quantitative estimate of drug-likeness (QED) is 0.456. The summed E-state index contributed by atoms with van der Waals surface area (Å²) >= 11 is 1.25. The number of aromatic nitrogens is 2. The van der Waals surface area contributed by atoms with Crippen LogP contribution in [0.5, 0.6) is 5.75 Å². The van der Waals surface area contributed by atoms with E-state index in [0.717, 1.165) is 27.6 Å². The topological polar surface area (TPSA) is 64.4 Å². The zero-order chi connectivity index (χ0) is 19.5. The molecule has 1 heterocycles. The van der Waals surface area contributed by atoms with Crippen molar-refractivity contribution < 1.29 is 14.6 Å². The van der Waals surface area contributed by atoms with Crippen LogP contribution in [0.15, 0.2) is 71.9 Å². The van der Waals surface area contributed by atoms with Crippen LogP contribution in [0, 0.1) is 0 Å². The maximum Gasteiger partial charge on any atom is 0.316 e. The van der Waals surface area contributed by atoms with Crippen molar-refractivity contribution in [2.45, 2.75) is 23.9 Å². The van der Waals surface area contributed by atoms with Gasteiger partial charge in [0.15, 0.2) is 5.16 Å². The molecule has 0 spiro atoms. The first-order chi connectivity index (χ1) is 13.6. The lowest BCUT2D eigenvalue weighted by Gasteiger charge is -2.13. The average molecular weight is 392 g/mol. The molecule has 1 N–H and O–H groups in total. The summed E-state index contributed by atoms with van der Waals surface area (Å²) in [5.41, 5.74) is 1.83. The molecule has 1 unspecified atom stereocenters. The number of carboxylic acid groups (broad SMARTS) is 1. The fraction of sp³-hybridized carbons (Fsp3) is 0.182. The number of aliphatic carboxylic acids is 1. The first-order valence-electron chi connectivity index (χ1n) is 9.09. The van der Waals surface area contributed by atoms with Crippen LogP contribution in [0.1, 0.15) is 6.92 Å². The molecular weight excluding hydrogens is 372 g/mol. The van der Waals surface area contributed by atoms with Gasteiger partial charge >= 0.3 is 5.97 Å². The Bertz CT molecular complexity index is 1130. The number of rotatable bonds is 7. The molecule has 0 aliphatic carbocycles. The number of nitrogens with zero attached hydrogens (tertiary/aromatic N) is 2. The SMILES string of the molecule is CC(Sc1nc2ccccc2n1CCOc1cccc2ccccc12)C(=O)O. The van der Waals surface area contributed by atoms with Crippen molar-refractivity contribution in [1.82, 2.24) is 9.55 Å². The largest absolute Gasteiger partial charge is 0.491 e. The van der Waals surface area contributed by atoms with Crippen LogP contribution in [-0.2, 0) is 11.3 Å². The summed E-state index contributed by atoms with van der Waals surface area (Å²) in [6, 6.07) is 22.0. The fourth-order valence-corrected chi connectivity index (χ4v) is 4.02. The summed E-state index contributed by atoms with van der Waals surface area (Å²) in [6.45, 7) is 2.71. The number of carbonyl (C=O) groups is 1. The van der Waals surface area contributed by atoms with E-state index in [2.05, 4.69) is 17.1 Å². The van der Waals surface area contributed by atoms with Crippen molar-refractivity contribution in [3.05, 3.63) is 66.7 Å². The van der Waals surface area contributed by atoms with E-state index in [1.807, 2.05) is 59.2 Å². The van der Waals surface area contributed by atoms with Gasteiger partial charge in [-0.05, 0) is 30.5 Å². The minimum absolute atomic E-state index is 0.462. The van der Waals surface area contributed by atoms with Gasteiger partial charge in [0.1, 0.15) is 17.6 Å². The molecule has 1 atom stereocenters. The number of para-hydroxylation sites is 2. The lowest BCUT2D eigenvalue weighted by molar-refractivity contribution is -0.136. The van der Waals surface area contributed by atoms with Crippen molar-refractivity contribution in [1.29, 1.82) is 0 Å². The molecule has 3 aromatic carbocycles. The van der Waals surface area contributed by atoms with Gasteiger partial charge < -0.3 is 14.4 Å². The van der Waals surface area contributed by atoms with Gasteiger partial charge in [0.25, 0.3) is 0 Å². The first-order valence-corrected chi connectivity index (χ1v) is 9.97. The highest BCUT2D eigenvalue weighted by Crippen LogP contribution is 2.28. The van der Waals surface area contributed by atoms with E-state index < -0.39 is 11.2 Å². The number of fused-ring (bicyclic) bond motifs is 2. The van der Waals surface area contributed by atoms with Crippen molar-refractivity contribution >= 4 is 39.5 Å². The predicted molar refractivity (Wildman–Crippen MR) is 112 cm³/mol. The molecule has 0 saturated heterocycles. The maximum absolute atomic E-state index is 11.3. The lowest BCUT2D eigenvalue weighted by Crippen LogP contribution is -2.14. The van der Waals surface area contributed by atoms with Gasteiger partial charge in [-0.1, -0.05) is 60.3 Å². The molecule has 0 aliphatic heterocycles. The summed E-state index contributed by atoms with van der Waals surface area (Å²) in [5.74, 6) is -0.00811. The van der Waals surface area contributed by atoms with Crippen LogP contribution in [0.2, 0.25) is 0 Å². The summed E-state index contributed by atoms with van der Waals surface area (Å²) in [4.78, 5) is 15.9. The first kappa shape index (κ1) is 18.4. The second kappa shape index (κ2) is 7.94. The fourth-order valence-electron chi connectivity index (χ4n) is 3.14. The van der Waals surface area contributed by atoms with Crippen LogP contribution in [-0.4, -0.2) is 32.5 Å². The molecule has 0 amide bonds. The molecule has 142 valence electrons. The van der Waals surface area contributed by atoms with Crippen LogP contribution < -0.4 is 4.74 Å². The second-order valence-electron chi connectivity index (χ2n) is 6.46. The van der Waals surface area contributed by atoms with Crippen LogP contribution in [0.3, 0.4) is 0 Å². The predicted octanol–water partition coefficient (Wildman–Crippen LogP) is 4.83.